The molecule has 0 aliphatic carbocycles. The van der Waals surface area contributed by atoms with E-state index < -0.39 is 0 Å². The Morgan fingerprint density at radius 3 is 2.11 bits per heavy atom. The van der Waals surface area contributed by atoms with E-state index >= 15 is 0 Å². The monoisotopic (exact) mass is 249 g/mol. The predicted molar refractivity (Wildman–Crippen MR) is 75.3 cm³/mol. The third kappa shape index (κ3) is 3.03. The van der Waals surface area contributed by atoms with Crippen molar-refractivity contribution < 1.29 is 9.53 Å². The molecule has 0 fully saturated rings. The van der Waals surface area contributed by atoms with Gasteiger partial charge >= 0.3 is 5.97 Å². The lowest BCUT2D eigenvalue weighted by Gasteiger charge is -2.25. The lowest BCUT2D eigenvalue weighted by atomic mass is 9.98. The summed E-state index contributed by atoms with van der Waals surface area (Å²) >= 11 is 0. The van der Waals surface area contributed by atoms with E-state index in [1.807, 2.05) is 18.9 Å². The Balaban J connectivity index is 3.05. The molecule has 0 unspecified atom stereocenters. The Morgan fingerprint density at radius 2 is 1.67 bits per heavy atom. The van der Waals surface area contributed by atoms with Crippen LogP contribution in [0.4, 0.5) is 5.69 Å². The number of rotatable bonds is 4. The van der Waals surface area contributed by atoms with E-state index in [0.717, 1.165) is 5.69 Å². The van der Waals surface area contributed by atoms with Crippen molar-refractivity contribution >= 4 is 11.7 Å². The second-order valence-electron chi connectivity index (χ2n) is 4.77. The van der Waals surface area contributed by atoms with Crippen molar-refractivity contribution in [3.05, 3.63) is 28.3 Å². The van der Waals surface area contributed by atoms with Gasteiger partial charge in [0.2, 0.25) is 0 Å². The van der Waals surface area contributed by atoms with Crippen molar-refractivity contribution in [1.82, 2.24) is 0 Å². The van der Waals surface area contributed by atoms with Gasteiger partial charge < -0.3 is 9.64 Å². The molecular formula is C15H23NO2. The van der Waals surface area contributed by atoms with E-state index in [0.29, 0.717) is 13.2 Å². The summed E-state index contributed by atoms with van der Waals surface area (Å²) in [5.41, 5.74) is 6.10. The number of likely N-dealkylation sites (N-methyl/N-ethyl adjacent to an activating group) is 1. The van der Waals surface area contributed by atoms with Crippen LogP contribution in [0.5, 0.6) is 0 Å². The molecule has 0 radical (unpaired) electrons. The number of anilines is 1. The molecule has 0 saturated heterocycles. The van der Waals surface area contributed by atoms with Crippen LogP contribution < -0.4 is 4.90 Å². The van der Waals surface area contributed by atoms with Crippen LogP contribution in [0.25, 0.3) is 0 Å². The molecule has 0 atom stereocenters. The smallest absolute Gasteiger partial charge is 0.325 e. The van der Waals surface area contributed by atoms with Gasteiger partial charge in [-0.1, -0.05) is 6.07 Å². The number of nitrogens with zero attached hydrogens (tertiary/aromatic N) is 1. The van der Waals surface area contributed by atoms with Gasteiger partial charge in [-0.3, -0.25) is 4.79 Å². The summed E-state index contributed by atoms with van der Waals surface area (Å²) in [5.74, 6) is -0.182. The summed E-state index contributed by atoms with van der Waals surface area (Å²) in [6.07, 6.45) is 0. The summed E-state index contributed by atoms with van der Waals surface area (Å²) < 4.78 is 4.99. The molecule has 0 aliphatic heterocycles. The molecule has 0 amide bonds. The van der Waals surface area contributed by atoms with Crippen LogP contribution in [0.1, 0.15) is 29.2 Å². The van der Waals surface area contributed by atoms with Gasteiger partial charge in [-0.2, -0.15) is 0 Å². The van der Waals surface area contributed by atoms with Crippen molar-refractivity contribution in [2.75, 3.05) is 25.1 Å². The first-order valence-electron chi connectivity index (χ1n) is 6.32. The van der Waals surface area contributed by atoms with Crippen molar-refractivity contribution in [1.29, 1.82) is 0 Å². The van der Waals surface area contributed by atoms with Gasteiger partial charge in [0.05, 0.1) is 6.61 Å². The minimum atomic E-state index is -0.182. The number of esters is 1. The lowest BCUT2D eigenvalue weighted by molar-refractivity contribution is -0.141. The van der Waals surface area contributed by atoms with E-state index in [2.05, 4.69) is 33.8 Å². The molecule has 0 saturated carbocycles. The first-order chi connectivity index (χ1) is 8.38. The molecule has 0 N–H and O–H groups in total. The first-order valence-corrected chi connectivity index (χ1v) is 6.32. The zero-order valence-corrected chi connectivity index (χ0v) is 12.3. The highest BCUT2D eigenvalue weighted by Gasteiger charge is 2.15. The van der Waals surface area contributed by atoms with Crippen LogP contribution in [-0.2, 0) is 9.53 Å². The molecule has 100 valence electrons. The number of ether oxygens (including phenoxy) is 1. The molecule has 1 rings (SSSR count). The molecule has 18 heavy (non-hydrogen) atoms. The molecule has 0 bridgehead atoms. The predicted octanol–water partition coefficient (Wildman–Crippen LogP) is 2.92. The first kappa shape index (κ1) is 14.6. The maximum absolute atomic E-state index is 11.6. The fourth-order valence-electron chi connectivity index (χ4n) is 2.25. The maximum atomic E-state index is 11.6. The van der Waals surface area contributed by atoms with Crippen LogP contribution in [-0.4, -0.2) is 26.2 Å². The van der Waals surface area contributed by atoms with E-state index in [1.165, 1.54) is 22.3 Å². The molecule has 0 aromatic heterocycles. The Hall–Kier alpha value is -1.51. The minimum Gasteiger partial charge on any atom is -0.465 e. The highest BCUT2D eigenvalue weighted by Crippen LogP contribution is 2.29. The van der Waals surface area contributed by atoms with Gasteiger partial charge in [0.25, 0.3) is 0 Å². The second kappa shape index (κ2) is 5.89. The average Bonchev–Trinajstić information content (AvgIpc) is 2.27. The zero-order valence-electron chi connectivity index (χ0n) is 12.3. The minimum absolute atomic E-state index is 0.182. The van der Waals surface area contributed by atoms with Gasteiger partial charge in [-0.05, 0) is 56.9 Å². The lowest BCUT2D eigenvalue weighted by Crippen LogP contribution is -2.28. The summed E-state index contributed by atoms with van der Waals surface area (Å²) in [4.78, 5) is 13.5. The molecular weight excluding hydrogens is 226 g/mol. The summed E-state index contributed by atoms with van der Waals surface area (Å²) in [6, 6.07) is 2.19. The van der Waals surface area contributed by atoms with E-state index in [4.69, 9.17) is 4.74 Å². The van der Waals surface area contributed by atoms with Gasteiger partial charge in [0, 0.05) is 12.7 Å². The van der Waals surface area contributed by atoms with E-state index in [1.54, 1.807) is 0 Å². The number of aryl methyl sites for hydroxylation is 2. The van der Waals surface area contributed by atoms with E-state index in [-0.39, 0.29) is 5.97 Å². The number of carbonyl (C=O) groups excluding carboxylic acids is 1. The molecule has 0 heterocycles. The highest BCUT2D eigenvalue weighted by molar-refractivity contribution is 5.77. The Kier molecular flexibility index (Phi) is 4.76. The Morgan fingerprint density at radius 1 is 1.17 bits per heavy atom. The number of hydrogen-bond donors (Lipinski definition) is 0. The van der Waals surface area contributed by atoms with Gasteiger partial charge in [-0.15, -0.1) is 0 Å². The number of carbonyl (C=O) groups is 1. The summed E-state index contributed by atoms with van der Waals surface area (Å²) in [5, 5.41) is 0. The zero-order chi connectivity index (χ0) is 13.9. The van der Waals surface area contributed by atoms with Crippen LogP contribution in [0.15, 0.2) is 6.07 Å². The summed E-state index contributed by atoms with van der Waals surface area (Å²) in [7, 11) is 1.94. The maximum Gasteiger partial charge on any atom is 0.325 e. The molecule has 0 spiro atoms. The Bertz CT molecular complexity index is 426. The second-order valence-corrected chi connectivity index (χ2v) is 4.77. The molecule has 1 aromatic rings. The van der Waals surface area contributed by atoms with Crippen LogP contribution in [0.2, 0.25) is 0 Å². The molecule has 3 heteroatoms. The van der Waals surface area contributed by atoms with Crippen molar-refractivity contribution in [3.8, 4) is 0 Å². The summed E-state index contributed by atoms with van der Waals surface area (Å²) in [6.45, 7) is 10.9. The molecule has 3 nitrogen and oxygen atoms in total. The van der Waals surface area contributed by atoms with Crippen molar-refractivity contribution in [2.45, 2.75) is 34.6 Å². The van der Waals surface area contributed by atoms with Gasteiger partial charge in [-0.25, -0.2) is 0 Å². The quantitative estimate of drug-likeness (QED) is 0.768. The fourth-order valence-corrected chi connectivity index (χ4v) is 2.25. The van der Waals surface area contributed by atoms with Crippen LogP contribution in [0.3, 0.4) is 0 Å². The number of benzene rings is 1. The van der Waals surface area contributed by atoms with Crippen LogP contribution in [0, 0.1) is 27.7 Å². The topological polar surface area (TPSA) is 29.5 Å². The van der Waals surface area contributed by atoms with Crippen molar-refractivity contribution in [3.63, 3.8) is 0 Å². The van der Waals surface area contributed by atoms with Crippen molar-refractivity contribution in [2.24, 2.45) is 0 Å². The van der Waals surface area contributed by atoms with E-state index in [9.17, 15) is 4.79 Å². The molecule has 0 aliphatic rings. The van der Waals surface area contributed by atoms with Crippen LogP contribution >= 0.6 is 0 Å². The fraction of sp³-hybridized carbons (Fsp3) is 0.533. The molecule has 1 aromatic carbocycles. The largest absolute Gasteiger partial charge is 0.465 e. The standard InChI is InChI=1S/C15H23NO2/c1-7-18-14(17)9-16(6)15-12(4)10(2)8-11(3)13(15)5/h8H,7,9H2,1-6H3. The highest BCUT2D eigenvalue weighted by atomic mass is 16.5. The average molecular weight is 249 g/mol. The number of hydrogen-bond acceptors (Lipinski definition) is 3. The third-order valence-electron chi connectivity index (χ3n) is 3.38. The third-order valence-corrected chi connectivity index (χ3v) is 3.38. The van der Waals surface area contributed by atoms with Gasteiger partial charge in [0.15, 0.2) is 0 Å². The van der Waals surface area contributed by atoms with Gasteiger partial charge in [0.1, 0.15) is 6.54 Å². The SMILES string of the molecule is CCOC(=O)CN(C)c1c(C)c(C)cc(C)c1C. The Labute approximate surface area is 110 Å². The normalized spacial score (nSPS) is 10.3.